The zero-order valence-corrected chi connectivity index (χ0v) is 13.3. The van der Waals surface area contributed by atoms with Crippen molar-refractivity contribution >= 4 is 0 Å². The van der Waals surface area contributed by atoms with Gasteiger partial charge in [-0.25, -0.2) is 0 Å². The number of aliphatic hydroxyl groups excluding tert-OH is 1. The van der Waals surface area contributed by atoms with E-state index >= 15 is 0 Å². The Morgan fingerprint density at radius 3 is 2.48 bits per heavy atom. The van der Waals surface area contributed by atoms with Gasteiger partial charge >= 0.3 is 0 Å². The number of hydrogen-bond donors (Lipinski definition) is 2. The Labute approximate surface area is 128 Å². The quantitative estimate of drug-likeness (QED) is 0.773. The van der Waals surface area contributed by atoms with E-state index < -0.39 is 5.54 Å². The average molecular weight is 291 g/mol. The van der Waals surface area contributed by atoms with Gasteiger partial charge in [0, 0.05) is 12.6 Å². The Bertz CT molecular complexity index is 401. The highest BCUT2D eigenvalue weighted by Crippen LogP contribution is 2.27. The van der Waals surface area contributed by atoms with Gasteiger partial charge in [-0.15, -0.1) is 0 Å². The van der Waals surface area contributed by atoms with Gasteiger partial charge in [-0.2, -0.15) is 0 Å². The van der Waals surface area contributed by atoms with Gasteiger partial charge in [0.05, 0.1) is 18.8 Å². The molecule has 1 atom stereocenters. The van der Waals surface area contributed by atoms with E-state index in [0.717, 1.165) is 12.2 Å². The van der Waals surface area contributed by atoms with Crippen LogP contribution in [0.15, 0.2) is 30.3 Å². The van der Waals surface area contributed by atoms with Crippen molar-refractivity contribution in [3.8, 4) is 0 Å². The molecule has 1 aromatic carbocycles. The van der Waals surface area contributed by atoms with Gasteiger partial charge in [-0.1, -0.05) is 43.2 Å². The summed E-state index contributed by atoms with van der Waals surface area (Å²) in [7, 11) is 0. The summed E-state index contributed by atoms with van der Waals surface area (Å²) in [6, 6.07) is 10.4. The molecule has 0 heterocycles. The van der Waals surface area contributed by atoms with E-state index in [-0.39, 0.29) is 12.6 Å². The van der Waals surface area contributed by atoms with Crippen LogP contribution in [-0.4, -0.2) is 31.0 Å². The maximum atomic E-state index is 10.0. The molecule has 1 aliphatic carbocycles. The van der Waals surface area contributed by atoms with Crippen LogP contribution in [0.1, 0.15) is 45.1 Å². The molecule has 0 radical (unpaired) electrons. The second-order valence-corrected chi connectivity index (χ2v) is 6.57. The third kappa shape index (κ3) is 4.53. The molecule has 3 nitrogen and oxygen atoms in total. The van der Waals surface area contributed by atoms with Crippen molar-refractivity contribution in [2.24, 2.45) is 5.92 Å². The summed E-state index contributed by atoms with van der Waals surface area (Å²) in [5, 5.41) is 13.5. The second kappa shape index (κ2) is 7.92. The molecule has 1 aromatic rings. The third-order valence-corrected chi connectivity index (χ3v) is 4.34. The highest BCUT2D eigenvalue weighted by Gasteiger charge is 2.32. The van der Waals surface area contributed by atoms with E-state index in [2.05, 4.69) is 31.3 Å². The van der Waals surface area contributed by atoms with Crippen molar-refractivity contribution in [3.63, 3.8) is 0 Å². The number of hydrogen-bond acceptors (Lipinski definition) is 3. The fraction of sp³-hybridized carbons (Fsp3) is 0.667. The Morgan fingerprint density at radius 1 is 1.24 bits per heavy atom. The van der Waals surface area contributed by atoms with E-state index in [1.54, 1.807) is 0 Å². The Kier molecular flexibility index (Phi) is 6.22. The molecule has 1 aliphatic rings. The van der Waals surface area contributed by atoms with Crippen molar-refractivity contribution in [2.45, 2.75) is 51.1 Å². The van der Waals surface area contributed by atoms with E-state index in [9.17, 15) is 5.11 Å². The smallest absolute Gasteiger partial charge is 0.0907 e. The molecule has 2 N–H and O–H groups in total. The van der Waals surface area contributed by atoms with Gasteiger partial charge in [0.1, 0.15) is 0 Å². The molecule has 1 unspecified atom stereocenters. The monoisotopic (exact) mass is 291 g/mol. The van der Waals surface area contributed by atoms with Crippen molar-refractivity contribution in [2.75, 3.05) is 19.8 Å². The van der Waals surface area contributed by atoms with Crippen LogP contribution < -0.4 is 5.32 Å². The fourth-order valence-corrected chi connectivity index (χ4v) is 3.28. The maximum absolute atomic E-state index is 10.0. The minimum absolute atomic E-state index is 0.0415. The molecule has 21 heavy (non-hydrogen) atoms. The van der Waals surface area contributed by atoms with Crippen LogP contribution in [0.5, 0.6) is 0 Å². The molecular formula is C18H29NO2. The molecule has 1 saturated carbocycles. The van der Waals surface area contributed by atoms with Crippen LogP contribution in [0.25, 0.3) is 0 Å². The molecule has 0 aromatic heterocycles. The molecule has 0 spiro atoms. The zero-order chi connectivity index (χ0) is 15.1. The summed E-state index contributed by atoms with van der Waals surface area (Å²) in [6.45, 7) is 5.57. The largest absolute Gasteiger partial charge is 0.394 e. The molecule has 0 saturated heterocycles. The van der Waals surface area contributed by atoms with Crippen LogP contribution in [0, 0.1) is 5.92 Å². The highest BCUT2D eigenvalue weighted by atomic mass is 16.5. The van der Waals surface area contributed by atoms with Crippen molar-refractivity contribution in [3.05, 3.63) is 35.9 Å². The van der Waals surface area contributed by atoms with Crippen molar-refractivity contribution in [1.29, 1.82) is 0 Å². The highest BCUT2D eigenvalue weighted by molar-refractivity contribution is 5.25. The fourth-order valence-electron chi connectivity index (χ4n) is 3.28. The van der Waals surface area contributed by atoms with Crippen LogP contribution in [-0.2, 0) is 10.3 Å². The normalized spacial score (nSPS) is 19.0. The first-order valence-corrected chi connectivity index (χ1v) is 8.18. The van der Waals surface area contributed by atoms with Crippen LogP contribution >= 0.6 is 0 Å². The SMILES string of the molecule is CC(C)NC(CO)(COCC1CCCC1)c1ccccc1. The first-order chi connectivity index (χ1) is 10.2. The van der Waals surface area contributed by atoms with E-state index in [0.29, 0.717) is 12.5 Å². The van der Waals surface area contributed by atoms with Gasteiger partial charge < -0.3 is 15.2 Å². The lowest BCUT2D eigenvalue weighted by Crippen LogP contribution is -2.52. The Hall–Kier alpha value is -0.900. The van der Waals surface area contributed by atoms with Crippen LogP contribution in [0.2, 0.25) is 0 Å². The molecule has 0 bridgehead atoms. The lowest BCUT2D eigenvalue weighted by Gasteiger charge is -2.35. The minimum atomic E-state index is -0.506. The summed E-state index contributed by atoms with van der Waals surface area (Å²) >= 11 is 0. The molecule has 0 amide bonds. The summed E-state index contributed by atoms with van der Waals surface area (Å²) in [5.41, 5.74) is 0.584. The number of aliphatic hydroxyl groups is 1. The van der Waals surface area contributed by atoms with Gasteiger partial charge in [-0.3, -0.25) is 0 Å². The molecule has 3 heteroatoms. The summed E-state index contributed by atoms with van der Waals surface area (Å²) in [5.74, 6) is 0.705. The van der Waals surface area contributed by atoms with Gasteiger partial charge in [0.25, 0.3) is 0 Å². The standard InChI is InChI=1S/C18H29NO2/c1-15(2)19-18(13-20,17-10-4-3-5-11-17)14-21-12-16-8-6-7-9-16/h3-5,10-11,15-16,19-20H,6-9,12-14H2,1-2H3. The molecular weight excluding hydrogens is 262 g/mol. The van der Waals surface area contributed by atoms with Gasteiger partial charge in [-0.05, 0) is 38.2 Å². The Morgan fingerprint density at radius 2 is 1.90 bits per heavy atom. The van der Waals surface area contributed by atoms with Crippen molar-refractivity contribution in [1.82, 2.24) is 5.32 Å². The van der Waals surface area contributed by atoms with E-state index in [4.69, 9.17) is 4.74 Å². The second-order valence-electron chi connectivity index (χ2n) is 6.57. The van der Waals surface area contributed by atoms with Gasteiger partial charge in [0.2, 0.25) is 0 Å². The van der Waals surface area contributed by atoms with Crippen molar-refractivity contribution < 1.29 is 9.84 Å². The number of nitrogens with one attached hydrogen (secondary N) is 1. The lowest BCUT2D eigenvalue weighted by molar-refractivity contribution is 0.0151. The van der Waals surface area contributed by atoms with E-state index in [1.807, 2.05) is 18.2 Å². The van der Waals surface area contributed by atoms with Crippen LogP contribution in [0.4, 0.5) is 0 Å². The average Bonchev–Trinajstić information content (AvgIpc) is 3.00. The first-order valence-electron chi connectivity index (χ1n) is 8.18. The minimum Gasteiger partial charge on any atom is -0.394 e. The number of benzene rings is 1. The van der Waals surface area contributed by atoms with E-state index in [1.165, 1.54) is 25.7 Å². The lowest BCUT2D eigenvalue weighted by atomic mass is 9.90. The van der Waals surface area contributed by atoms with Crippen LogP contribution in [0.3, 0.4) is 0 Å². The number of ether oxygens (including phenoxy) is 1. The molecule has 118 valence electrons. The van der Waals surface area contributed by atoms with Gasteiger partial charge in [0.15, 0.2) is 0 Å². The summed E-state index contributed by atoms with van der Waals surface area (Å²) in [6.07, 6.45) is 5.24. The molecule has 2 rings (SSSR count). The number of rotatable bonds is 8. The maximum Gasteiger partial charge on any atom is 0.0907 e. The summed E-state index contributed by atoms with van der Waals surface area (Å²) in [4.78, 5) is 0. The predicted molar refractivity (Wildman–Crippen MR) is 86.3 cm³/mol. The zero-order valence-electron chi connectivity index (χ0n) is 13.3. The third-order valence-electron chi connectivity index (χ3n) is 4.34. The molecule has 1 fully saturated rings. The Balaban J connectivity index is 2.03. The first kappa shape index (κ1) is 16.5. The molecule has 0 aliphatic heterocycles. The predicted octanol–water partition coefficient (Wildman–Crippen LogP) is 3.08. The summed E-state index contributed by atoms with van der Waals surface area (Å²) < 4.78 is 6.01. The topological polar surface area (TPSA) is 41.5 Å².